The number of hydrogen-bond acceptors (Lipinski definition) is 6. The maximum atomic E-state index is 12.7. The molecule has 1 aliphatic carbocycles. The van der Waals surface area contributed by atoms with Gasteiger partial charge in [-0.3, -0.25) is 15.1 Å². The molecule has 32 heavy (non-hydrogen) atoms. The molecule has 0 bridgehead atoms. The maximum Gasteiger partial charge on any atom is 0.323 e. The zero-order valence-electron chi connectivity index (χ0n) is 17.3. The van der Waals surface area contributed by atoms with Crippen molar-refractivity contribution in [2.45, 2.75) is 30.5 Å². The number of benzene rings is 1. The highest BCUT2D eigenvalue weighted by atomic mass is 16.5. The number of methoxy groups -OCH3 is 1. The Morgan fingerprint density at radius 1 is 1.28 bits per heavy atom. The number of fused-ring (bicyclic) bond motifs is 1. The Hall–Kier alpha value is -4.03. The van der Waals surface area contributed by atoms with E-state index in [4.69, 9.17) is 10.5 Å². The molecule has 1 aromatic carbocycles. The fraction of sp³-hybridized carbons (Fsp3) is 0.261. The smallest absolute Gasteiger partial charge is 0.323 e. The third kappa shape index (κ3) is 3.31. The van der Waals surface area contributed by atoms with Crippen molar-refractivity contribution in [1.82, 2.24) is 20.2 Å². The molecule has 2 aromatic heterocycles. The van der Waals surface area contributed by atoms with Gasteiger partial charge in [0.05, 0.1) is 13.7 Å². The molecular weight excluding hydrogens is 410 g/mol. The second-order valence-corrected chi connectivity index (χ2v) is 8.22. The lowest BCUT2D eigenvalue weighted by Crippen LogP contribution is -2.49. The van der Waals surface area contributed by atoms with E-state index in [9.17, 15) is 14.7 Å². The van der Waals surface area contributed by atoms with Crippen molar-refractivity contribution >= 4 is 22.7 Å². The number of hydrogen-bond donors (Lipinski definition) is 4. The molecule has 0 radical (unpaired) electrons. The van der Waals surface area contributed by atoms with Gasteiger partial charge in [-0.2, -0.15) is 0 Å². The van der Waals surface area contributed by atoms with Gasteiger partial charge in [-0.1, -0.05) is 11.8 Å². The monoisotopic (exact) mass is 431 g/mol. The lowest BCUT2D eigenvalue weighted by atomic mass is 9.99. The molecule has 2 aliphatic rings. The molecule has 1 aliphatic heterocycles. The highest BCUT2D eigenvalue weighted by Gasteiger charge is 2.46. The van der Waals surface area contributed by atoms with Crippen LogP contribution in [0.25, 0.3) is 10.8 Å². The predicted octanol–water partition coefficient (Wildman–Crippen LogP) is 1.33. The average molecular weight is 431 g/mol. The van der Waals surface area contributed by atoms with Crippen LogP contribution < -0.4 is 21.1 Å². The number of urea groups is 1. The fourth-order valence-electron chi connectivity index (χ4n) is 3.84. The molecule has 1 atom stereocenters. The van der Waals surface area contributed by atoms with Crippen molar-refractivity contribution in [2.75, 3.05) is 7.11 Å². The van der Waals surface area contributed by atoms with Crippen molar-refractivity contribution in [2.24, 2.45) is 5.73 Å². The molecule has 5 rings (SSSR count). The zero-order valence-corrected chi connectivity index (χ0v) is 17.3. The van der Waals surface area contributed by atoms with E-state index in [1.165, 1.54) is 11.7 Å². The van der Waals surface area contributed by atoms with Crippen LogP contribution in [0.2, 0.25) is 0 Å². The highest BCUT2D eigenvalue weighted by molar-refractivity contribution is 6.09. The van der Waals surface area contributed by atoms with Crippen LogP contribution in [-0.2, 0) is 16.9 Å². The Morgan fingerprint density at radius 3 is 2.78 bits per heavy atom. The normalized spacial score (nSPS) is 20.9. The van der Waals surface area contributed by atoms with Crippen LogP contribution >= 0.6 is 0 Å². The molecule has 1 saturated carbocycles. The second-order valence-electron chi connectivity index (χ2n) is 8.22. The molecule has 3 heterocycles. The summed E-state index contributed by atoms with van der Waals surface area (Å²) in [6.07, 6.45) is 6.77. The van der Waals surface area contributed by atoms with Crippen molar-refractivity contribution in [3.63, 3.8) is 0 Å². The molecular formula is C23H21N5O4. The number of rotatable bonds is 4. The summed E-state index contributed by atoms with van der Waals surface area (Å²) in [7, 11) is 1.54. The molecule has 3 amide bonds. The lowest BCUT2D eigenvalue weighted by molar-refractivity contribution is -0.122. The summed E-state index contributed by atoms with van der Waals surface area (Å²) in [6.45, 7) is -0.0889. The Balaban J connectivity index is 1.53. The number of carbonyl (C=O) groups is 2. The minimum Gasteiger partial charge on any atom is -0.497 e. The first-order valence-corrected chi connectivity index (χ1v) is 10.1. The summed E-state index contributed by atoms with van der Waals surface area (Å²) >= 11 is 0. The quantitative estimate of drug-likeness (QED) is 0.364. The number of amides is 3. The van der Waals surface area contributed by atoms with Crippen LogP contribution in [0, 0.1) is 11.8 Å². The summed E-state index contributed by atoms with van der Waals surface area (Å²) < 4.78 is 6.70. The average Bonchev–Trinajstić information content (AvgIpc) is 3.39. The number of ether oxygens (including phenoxy) is 1. The van der Waals surface area contributed by atoms with Crippen LogP contribution in [0.15, 0.2) is 42.9 Å². The maximum absolute atomic E-state index is 12.7. The standard InChI is InChI=1S/C23H21N5O4/c1-32-17-3-2-15-12-28(19(29)18(15)9-17)13-23(20(30)26-21(31)27-23)5-4-14-8-16(11-25-10-14)22(24)6-7-22/h2-3,8-12,29H,6-7,13,24H2,1H3,(H2,26,27,30,31)/t23-/m1/s1. The minimum atomic E-state index is -1.57. The summed E-state index contributed by atoms with van der Waals surface area (Å²) in [5.41, 5.74) is 5.79. The van der Waals surface area contributed by atoms with Crippen molar-refractivity contribution in [3.05, 3.63) is 54.0 Å². The number of nitrogens with two attached hydrogens (primary N) is 1. The van der Waals surface area contributed by atoms with E-state index in [-0.39, 0.29) is 18.0 Å². The van der Waals surface area contributed by atoms with E-state index in [1.54, 1.807) is 36.8 Å². The first-order chi connectivity index (χ1) is 15.3. The topological polar surface area (TPSA) is 131 Å². The number of imide groups is 1. The highest BCUT2D eigenvalue weighted by Crippen LogP contribution is 2.42. The van der Waals surface area contributed by atoms with Crippen molar-refractivity contribution in [1.29, 1.82) is 0 Å². The van der Waals surface area contributed by atoms with Gasteiger partial charge in [0, 0.05) is 40.5 Å². The summed E-state index contributed by atoms with van der Waals surface area (Å²) in [6, 6.07) is 6.48. The van der Waals surface area contributed by atoms with Gasteiger partial charge in [0.1, 0.15) is 5.75 Å². The van der Waals surface area contributed by atoms with Gasteiger partial charge in [-0.05, 0) is 42.7 Å². The van der Waals surface area contributed by atoms with Gasteiger partial charge in [0.25, 0.3) is 5.91 Å². The van der Waals surface area contributed by atoms with Gasteiger partial charge in [0.2, 0.25) is 5.54 Å². The predicted molar refractivity (Wildman–Crippen MR) is 116 cm³/mol. The molecule has 1 saturated heterocycles. The van der Waals surface area contributed by atoms with Gasteiger partial charge >= 0.3 is 6.03 Å². The first-order valence-electron chi connectivity index (χ1n) is 10.1. The third-order valence-corrected chi connectivity index (χ3v) is 5.94. The lowest BCUT2D eigenvalue weighted by Gasteiger charge is -2.20. The fourth-order valence-corrected chi connectivity index (χ4v) is 3.84. The van der Waals surface area contributed by atoms with E-state index in [0.29, 0.717) is 16.7 Å². The Morgan fingerprint density at radius 2 is 2.09 bits per heavy atom. The number of nitrogens with one attached hydrogen (secondary N) is 2. The van der Waals surface area contributed by atoms with Crippen LogP contribution in [0.3, 0.4) is 0 Å². The van der Waals surface area contributed by atoms with Gasteiger partial charge < -0.3 is 25.5 Å². The Labute approximate surface area is 183 Å². The van der Waals surface area contributed by atoms with E-state index in [2.05, 4.69) is 27.5 Å². The van der Waals surface area contributed by atoms with E-state index in [0.717, 1.165) is 23.8 Å². The summed E-state index contributed by atoms with van der Waals surface area (Å²) in [5.74, 6) is 5.79. The van der Waals surface area contributed by atoms with Crippen molar-refractivity contribution < 1.29 is 19.4 Å². The van der Waals surface area contributed by atoms with Gasteiger partial charge in [0.15, 0.2) is 5.88 Å². The van der Waals surface area contributed by atoms with E-state index in [1.807, 2.05) is 6.07 Å². The Kier molecular flexibility index (Phi) is 4.36. The largest absolute Gasteiger partial charge is 0.497 e. The number of carbonyl (C=O) groups excluding carboxylic acids is 2. The SMILES string of the molecule is COc1ccc2cn(C[C@@]3(C#Cc4cncc(C5(N)CC5)c4)NC(=O)NC3=O)c(O)c2c1. The van der Waals surface area contributed by atoms with Crippen LogP contribution in [-0.4, -0.2) is 39.2 Å². The second kappa shape index (κ2) is 7.00. The summed E-state index contributed by atoms with van der Waals surface area (Å²) in [5, 5.41) is 16.9. The molecule has 0 unspecified atom stereocenters. The van der Waals surface area contributed by atoms with Crippen molar-refractivity contribution in [3.8, 4) is 23.5 Å². The molecule has 3 aromatic rings. The Bertz CT molecular complexity index is 1330. The number of aromatic hydroxyl groups is 1. The van der Waals surface area contributed by atoms with Gasteiger partial charge in [-0.25, -0.2) is 4.79 Å². The summed E-state index contributed by atoms with van der Waals surface area (Å²) in [4.78, 5) is 28.9. The van der Waals surface area contributed by atoms with Crippen LogP contribution in [0.5, 0.6) is 11.6 Å². The molecule has 0 spiro atoms. The molecule has 162 valence electrons. The van der Waals surface area contributed by atoms with E-state index < -0.39 is 17.5 Å². The minimum absolute atomic E-state index is 0.0588. The van der Waals surface area contributed by atoms with Crippen LogP contribution in [0.4, 0.5) is 4.79 Å². The number of nitrogens with zero attached hydrogens (tertiary/aromatic N) is 2. The molecule has 9 heteroatoms. The molecule has 9 nitrogen and oxygen atoms in total. The van der Waals surface area contributed by atoms with E-state index >= 15 is 0 Å². The van der Waals surface area contributed by atoms with Crippen LogP contribution in [0.1, 0.15) is 24.0 Å². The zero-order chi connectivity index (χ0) is 22.5. The molecule has 5 N–H and O–H groups in total. The molecule has 2 fully saturated rings. The third-order valence-electron chi connectivity index (χ3n) is 5.94. The van der Waals surface area contributed by atoms with Gasteiger partial charge in [-0.15, -0.1) is 0 Å². The first kappa shape index (κ1) is 19.9. The number of pyridine rings is 1. The number of aromatic nitrogens is 2.